The van der Waals surface area contributed by atoms with Crippen LogP contribution in [-0.2, 0) is 4.79 Å². The number of hydrogen-bond donors (Lipinski definition) is 2. The van der Waals surface area contributed by atoms with Gasteiger partial charge in [-0.05, 0) is 48.9 Å². The monoisotopic (exact) mass is 419 g/mol. The highest BCUT2D eigenvalue weighted by molar-refractivity contribution is 5.99. The second-order valence-electron chi connectivity index (χ2n) is 8.41. The van der Waals surface area contributed by atoms with E-state index in [-0.39, 0.29) is 18.2 Å². The number of benzene rings is 2. The van der Waals surface area contributed by atoms with Crippen LogP contribution in [0.1, 0.15) is 49.8 Å². The van der Waals surface area contributed by atoms with Crippen LogP contribution in [0.15, 0.2) is 54.6 Å². The zero-order valence-electron chi connectivity index (χ0n) is 17.5. The lowest BCUT2D eigenvalue weighted by atomic mass is 9.91. The Morgan fingerprint density at radius 3 is 2.58 bits per heavy atom. The molecule has 0 radical (unpaired) electrons. The Labute approximate surface area is 181 Å². The van der Waals surface area contributed by atoms with Gasteiger partial charge in [0, 0.05) is 22.4 Å². The highest BCUT2D eigenvalue weighted by Gasteiger charge is 2.29. The van der Waals surface area contributed by atoms with E-state index < -0.39 is 12.1 Å². The number of hydrogen-bond acceptors (Lipinski definition) is 3. The van der Waals surface area contributed by atoms with Gasteiger partial charge in [-0.2, -0.15) is 0 Å². The summed E-state index contributed by atoms with van der Waals surface area (Å²) in [5.41, 5.74) is 4.95. The molecule has 1 unspecified atom stereocenters. The van der Waals surface area contributed by atoms with Crippen molar-refractivity contribution in [1.82, 2.24) is 4.98 Å². The SMILES string of the molecule is CC(/C=C/c1c(C2CC2)nc2ccccc2c1-c1ccc(F)cc1)C[C@@H](O)CC(=O)O. The van der Waals surface area contributed by atoms with Gasteiger partial charge in [0.25, 0.3) is 0 Å². The fraction of sp³-hybridized carbons (Fsp3) is 0.308. The lowest BCUT2D eigenvalue weighted by molar-refractivity contribution is -0.139. The van der Waals surface area contributed by atoms with Gasteiger partial charge in [-0.1, -0.05) is 49.4 Å². The Hall–Kier alpha value is -3.05. The molecule has 1 aromatic heterocycles. The molecule has 1 saturated carbocycles. The number of halogens is 1. The number of para-hydroxylation sites is 1. The molecule has 1 aliphatic rings. The van der Waals surface area contributed by atoms with E-state index in [1.165, 1.54) is 12.1 Å². The van der Waals surface area contributed by atoms with Crippen LogP contribution in [0.4, 0.5) is 4.39 Å². The minimum Gasteiger partial charge on any atom is -0.481 e. The number of carboxylic acids is 1. The quantitative estimate of drug-likeness (QED) is 0.485. The molecule has 1 fully saturated rings. The minimum atomic E-state index is -1.00. The third-order valence-electron chi connectivity index (χ3n) is 5.70. The van der Waals surface area contributed by atoms with E-state index in [0.717, 1.165) is 46.1 Å². The first kappa shape index (κ1) is 21.2. The van der Waals surface area contributed by atoms with Gasteiger partial charge in [0.1, 0.15) is 5.82 Å². The molecule has 0 aliphatic heterocycles. The van der Waals surface area contributed by atoms with Crippen molar-refractivity contribution in [2.75, 3.05) is 0 Å². The predicted octanol–water partition coefficient (Wildman–Crippen LogP) is 5.79. The van der Waals surface area contributed by atoms with Crippen LogP contribution in [0.25, 0.3) is 28.1 Å². The Kier molecular flexibility index (Phi) is 6.14. The Balaban J connectivity index is 1.79. The maximum absolute atomic E-state index is 13.6. The van der Waals surface area contributed by atoms with Crippen molar-refractivity contribution in [3.8, 4) is 11.1 Å². The van der Waals surface area contributed by atoms with Crippen molar-refractivity contribution in [1.29, 1.82) is 0 Å². The van der Waals surface area contributed by atoms with Gasteiger partial charge in [0.2, 0.25) is 0 Å². The number of rotatable bonds is 8. The Bertz CT molecular complexity index is 1120. The summed E-state index contributed by atoms with van der Waals surface area (Å²) in [6.07, 6.45) is 5.48. The molecule has 5 heteroatoms. The van der Waals surface area contributed by atoms with Crippen molar-refractivity contribution >= 4 is 22.9 Å². The largest absolute Gasteiger partial charge is 0.481 e. The summed E-state index contributed by atoms with van der Waals surface area (Å²) in [6.45, 7) is 1.96. The van der Waals surface area contributed by atoms with E-state index in [9.17, 15) is 14.3 Å². The molecule has 4 rings (SSSR count). The smallest absolute Gasteiger partial charge is 0.305 e. The molecule has 0 saturated heterocycles. The van der Waals surface area contributed by atoms with Gasteiger partial charge in [0.15, 0.2) is 0 Å². The maximum atomic E-state index is 13.6. The summed E-state index contributed by atoms with van der Waals surface area (Å²) in [5, 5.41) is 19.9. The number of allylic oxidation sites excluding steroid dienone is 1. The summed E-state index contributed by atoms with van der Waals surface area (Å²) in [7, 11) is 0. The summed E-state index contributed by atoms with van der Waals surface area (Å²) >= 11 is 0. The first-order valence-corrected chi connectivity index (χ1v) is 10.7. The van der Waals surface area contributed by atoms with Crippen LogP contribution >= 0.6 is 0 Å². The summed E-state index contributed by atoms with van der Waals surface area (Å²) < 4.78 is 13.6. The van der Waals surface area contributed by atoms with Crippen molar-refractivity contribution in [3.63, 3.8) is 0 Å². The van der Waals surface area contributed by atoms with Gasteiger partial charge in [-0.25, -0.2) is 4.39 Å². The van der Waals surface area contributed by atoms with Gasteiger partial charge in [-0.15, -0.1) is 0 Å². The number of aliphatic hydroxyl groups is 1. The number of pyridine rings is 1. The highest BCUT2D eigenvalue weighted by Crippen LogP contribution is 2.45. The zero-order chi connectivity index (χ0) is 22.0. The van der Waals surface area contributed by atoms with Crippen molar-refractivity contribution in [2.45, 2.75) is 44.6 Å². The topological polar surface area (TPSA) is 70.4 Å². The molecule has 2 aromatic carbocycles. The van der Waals surface area contributed by atoms with Crippen molar-refractivity contribution in [3.05, 3.63) is 71.7 Å². The van der Waals surface area contributed by atoms with Crippen LogP contribution in [0.3, 0.4) is 0 Å². The van der Waals surface area contributed by atoms with Gasteiger partial charge in [0.05, 0.1) is 23.7 Å². The Morgan fingerprint density at radius 1 is 1.19 bits per heavy atom. The average Bonchev–Trinajstić information content (AvgIpc) is 3.56. The summed E-state index contributed by atoms with van der Waals surface area (Å²) in [4.78, 5) is 15.8. The number of aromatic nitrogens is 1. The van der Waals surface area contributed by atoms with E-state index in [1.54, 1.807) is 12.1 Å². The van der Waals surface area contributed by atoms with E-state index in [1.807, 2.05) is 43.3 Å². The molecule has 2 N–H and O–H groups in total. The maximum Gasteiger partial charge on any atom is 0.305 e. The summed E-state index contributed by atoms with van der Waals surface area (Å²) in [6, 6.07) is 14.5. The number of fused-ring (bicyclic) bond motifs is 1. The van der Waals surface area contributed by atoms with Crippen LogP contribution in [0.5, 0.6) is 0 Å². The molecule has 4 nitrogen and oxygen atoms in total. The van der Waals surface area contributed by atoms with E-state index in [2.05, 4.69) is 0 Å². The second-order valence-corrected chi connectivity index (χ2v) is 8.41. The molecular formula is C26H26FNO3. The number of aliphatic carboxylic acids is 1. The third kappa shape index (κ3) is 5.00. The number of carbonyl (C=O) groups is 1. The fourth-order valence-electron chi connectivity index (χ4n) is 4.06. The molecule has 0 amide bonds. The standard InChI is InChI=1S/C26H26FNO3/c1-16(14-20(29)15-24(30)31)6-13-22-25(17-9-11-19(27)12-10-17)21-4-2-3-5-23(21)28-26(22)18-7-8-18/h2-6,9-13,16,18,20,29H,7-8,14-15H2,1H3,(H,30,31)/b13-6+/t16?,20-/m1/s1. The second kappa shape index (κ2) is 8.98. The normalized spacial score (nSPS) is 16.0. The van der Waals surface area contributed by atoms with Crippen LogP contribution < -0.4 is 0 Å². The molecule has 0 spiro atoms. The molecule has 160 valence electrons. The van der Waals surface area contributed by atoms with Crippen molar-refractivity contribution in [2.24, 2.45) is 5.92 Å². The van der Waals surface area contributed by atoms with Gasteiger partial charge >= 0.3 is 5.97 Å². The summed E-state index contributed by atoms with van der Waals surface area (Å²) in [5.74, 6) is -0.870. The zero-order valence-corrected chi connectivity index (χ0v) is 17.5. The van der Waals surface area contributed by atoms with Crippen LogP contribution in [0.2, 0.25) is 0 Å². The first-order valence-electron chi connectivity index (χ1n) is 10.7. The average molecular weight is 419 g/mol. The van der Waals surface area contributed by atoms with E-state index >= 15 is 0 Å². The van der Waals surface area contributed by atoms with Crippen LogP contribution in [-0.4, -0.2) is 27.3 Å². The predicted molar refractivity (Wildman–Crippen MR) is 120 cm³/mol. The molecule has 0 bridgehead atoms. The molecule has 1 heterocycles. The van der Waals surface area contributed by atoms with Gasteiger partial charge < -0.3 is 10.2 Å². The molecule has 2 atom stereocenters. The van der Waals surface area contributed by atoms with E-state index in [0.29, 0.717) is 12.3 Å². The van der Waals surface area contributed by atoms with Crippen LogP contribution in [0, 0.1) is 11.7 Å². The minimum absolute atomic E-state index is 0.00561. The molecule has 3 aromatic rings. The lowest BCUT2D eigenvalue weighted by Gasteiger charge is -2.16. The molecule has 1 aliphatic carbocycles. The number of nitrogens with zero attached hydrogens (tertiary/aromatic N) is 1. The lowest BCUT2D eigenvalue weighted by Crippen LogP contribution is -2.15. The Morgan fingerprint density at radius 2 is 1.90 bits per heavy atom. The highest BCUT2D eigenvalue weighted by atomic mass is 19.1. The molecular weight excluding hydrogens is 393 g/mol. The fourth-order valence-corrected chi connectivity index (χ4v) is 4.06. The first-order chi connectivity index (χ1) is 14.9. The van der Waals surface area contributed by atoms with Crippen molar-refractivity contribution < 1.29 is 19.4 Å². The third-order valence-corrected chi connectivity index (χ3v) is 5.70. The van der Waals surface area contributed by atoms with E-state index in [4.69, 9.17) is 10.1 Å². The van der Waals surface area contributed by atoms with Gasteiger partial charge in [-0.3, -0.25) is 9.78 Å². The number of aliphatic hydroxyl groups excluding tert-OH is 1. The number of carboxylic acid groups (broad SMARTS) is 1. The molecule has 31 heavy (non-hydrogen) atoms.